The van der Waals surface area contributed by atoms with Crippen molar-refractivity contribution in [3.05, 3.63) is 65.2 Å². The lowest BCUT2D eigenvalue weighted by molar-refractivity contribution is -0.139. The van der Waals surface area contributed by atoms with Crippen molar-refractivity contribution >= 4 is 6.09 Å². The molecule has 1 heterocycles. The molecule has 38 heavy (non-hydrogen) atoms. The van der Waals surface area contributed by atoms with E-state index in [9.17, 15) is 15.2 Å². The third-order valence-corrected chi connectivity index (χ3v) is 8.05. The Hall–Kier alpha value is -3.08. The Kier molecular flexibility index (Phi) is 8.34. The van der Waals surface area contributed by atoms with Crippen LogP contribution < -0.4 is 4.74 Å². The maximum atomic E-state index is 12.7. The van der Waals surface area contributed by atoms with Gasteiger partial charge in [-0.25, -0.2) is 4.79 Å². The molecule has 1 amide bonds. The van der Waals surface area contributed by atoms with Gasteiger partial charge in [0.05, 0.1) is 16.7 Å². The molecule has 1 aliphatic carbocycles. The number of carbonyl (C=O) groups excluding carboxylic acids is 1. The minimum atomic E-state index is -0.946. The number of piperazine rings is 1. The SMILES string of the molecule is CC(C)(C)OC(=O)N1CCN(C(C)(c2ccc(OCc3ccccc3)c(C#N)c2)C2(O)CCCCC2)CC1. The second kappa shape index (κ2) is 11.3. The van der Waals surface area contributed by atoms with Gasteiger partial charge in [0.1, 0.15) is 24.0 Å². The monoisotopic (exact) mass is 519 g/mol. The Bertz CT molecular complexity index is 1140. The van der Waals surface area contributed by atoms with Gasteiger partial charge in [-0.05, 0) is 63.8 Å². The summed E-state index contributed by atoms with van der Waals surface area (Å²) in [6, 6.07) is 17.9. The number of nitrogens with zero attached hydrogens (tertiary/aromatic N) is 3. The first-order valence-corrected chi connectivity index (χ1v) is 13.7. The summed E-state index contributed by atoms with van der Waals surface area (Å²) in [6.07, 6.45) is 4.14. The summed E-state index contributed by atoms with van der Waals surface area (Å²) in [6.45, 7) is 10.3. The molecular formula is C31H41N3O4. The lowest BCUT2D eigenvalue weighted by Gasteiger charge is -2.55. The maximum Gasteiger partial charge on any atom is 0.410 e. The largest absolute Gasteiger partial charge is 0.488 e. The van der Waals surface area contributed by atoms with E-state index in [-0.39, 0.29) is 6.09 Å². The minimum Gasteiger partial charge on any atom is -0.488 e. The molecular weight excluding hydrogens is 478 g/mol. The third kappa shape index (κ3) is 5.98. The molecule has 2 fully saturated rings. The second-order valence-corrected chi connectivity index (χ2v) is 11.7. The highest BCUT2D eigenvalue weighted by Gasteiger charge is 2.52. The van der Waals surface area contributed by atoms with Crippen molar-refractivity contribution in [3.63, 3.8) is 0 Å². The summed E-state index contributed by atoms with van der Waals surface area (Å²) in [7, 11) is 0. The van der Waals surface area contributed by atoms with Crippen molar-refractivity contribution < 1.29 is 19.4 Å². The molecule has 1 aliphatic heterocycles. The first kappa shape index (κ1) is 27.9. The van der Waals surface area contributed by atoms with Gasteiger partial charge in [0, 0.05) is 26.2 Å². The quantitative estimate of drug-likeness (QED) is 0.535. The molecule has 7 nitrogen and oxygen atoms in total. The summed E-state index contributed by atoms with van der Waals surface area (Å²) in [5, 5.41) is 22.2. The van der Waals surface area contributed by atoms with E-state index in [1.54, 1.807) is 4.90 Å². The van der Waals surface area contributed by atoms with Crippen LogP contribution in [0, 0.1) is 11.3 Å². The van der Waals surface area contributed by atoms with Crippen LogP contribution in [0.25, 0.3) is 0 Å². The Balaban J connectivity index is 1.60. The average molecular weight is 520 g/mol. The van der Waals surface area contributed by atoms with Crippen molar-refractivity contribution in [2.75, 3.05) is 26.2 Å². The third-order valence-electron chi connectivity index (χ3n) is 8.05. The predicted molar refractivity (Wildman–Crippen MR) is 147 cm³/mol. The maximum absolute atomic E-state index is 12.7. The molecule has 1 atom stereocenters. The molecule has 7 heteroatoms. The highest BCUT2D eigenvalue weighted by molar-refractivity contribution is 5.68. The van der Waals surface area contributed by atoms with Gasteiger partial charge in [-0.2, -0.15) is 5.26 Å². The van der Waals surface area contributed by atoms with E-state index < -0.39 is 16.7 Å². The first-order chi connectivity index (χ1) is 18.1. The number of hydrogen-bond donors (Lipinski definition) is 1. The van der Waals surface area contributed by atoms with Crippen LogP contribution in [0.2, 0.25) is 0 Å². The lowest BCUT2D eigenvalue weighted by Crippen LogP contribution is -2.65. The number of rotatable bonds is 6. The zero-order valence-corrected chi connectivity index (χ0v) is 23.2. The minimum absolute atomic E-state index is 0.304. The number of amides is 1. The van der Waals surface area contributed by atoms with Gasteiger partial charge in [-0.15, -0.1) is 0 Å². The van der Waals surface area contributed by atoms with E-state index in [1.807, 2.05) is 69.3 Å². The van der Waals surface area contributed by atoms with Crippen LogP contribution in [0.3, 0.4) is 0 Å². The van der Waals surface area contributed by atoms with Crippen LogP contribution >= 0.6 is 0 Å². The van der Waals surface area contributed by atoms with Gasteiger partial charge in [0.2, 0.25) is 0 Å². The smallest absolute Gasteiger partial charge is 0.410 e. The highest BCUT2D eigenvalue weighted by Crippen LogP contribution is 2.47. The average Bonchev–Trinajstić information content (AvgIpc) is 2.91. The molecule has 1 saturated carbocycles. The molecule has 2 aliphatic rings. The molecule has 2 aromatic rings. The number of aliphatic hydroxyl groups is 1. The molecule has 0 radical (unpaired) electrons. The van der Waals surface area contributed by atoms with E-state index >= 15 is 0 Å². The highest BCUT2D eigenvalue weighted by atomic mass is 16.6. The summed E-state index contributed by atoms with van der Waals surface area (Å²) in [4.78, 5) is 16.7. The van der Waals surface area contributed by atoms with Gasteiger partial charge in [0.25, 0.3) is 0 Å². The number of nitriles is 1. The first-order valence-electron chi connectivity index (χ1n) is 13.7. The van der Waals surface area contributed by atoms with Crippen LogP contribution in [-0.2, 0) is 16.9 Å². The van der Waals surface area contributed by atoms with E-state index in [4.69, 9.17) is 9.47 Å². The Labute approximate surface area is 227 Å². The van der Waals surface area contributed by atoms with Crippen molar-refractivity contribution in [1.82, 2.24) is 9.80 Å². The topological polar surface area (TPSA) is 86.0 Å². The summed E-state index contributed by atoms with van der Waals surface area (Å²) in [5.74, 6) is 0.535. The van der Waals surface area contributed by atoms with Crippen molar-refractivity contribution in [1.29, 1.82) is 5.26 Å². The zero-order chi connectivity index (χ0) is 27.4. The zero-order valence-electron chi connectivity index (χ0n) is 23.2. The Morgan fingerprint density at radius 3 is 2.26 bits per heavy atom. The fraction of sp³-hybridized carbons (Fsp3) is 0.548. The van der Waals surface area contributed by atoms with E-state index in [0.717, 1.165) is 30.4 Å². The Morgan fingerprint density at radius 2 is 1.66 bits per heavy atom. The fourth-order valence-corrected chi connectivity index (χ4v) is 5.81. The van der Waals surface area contributed by atoms with E-state index in [1.165, 1.54) is 0 Å². The molecule has 1 unspecified atom stereocenters. The lowest BCUT2D eigenvalue weighted by atomic mass is 9.67. The summed E-state index contributed by atoms with van der Waals surface area (Å²) < 4.78 is 11.6. The Morgan fingerprint density at radius 1 is 1.00 bits per heavy atom. The second-order valence-electron chi connectivity index (χ2n) is 11.7. The van der Waals surface area contributed by atoms with Gasteiger partial charge in [-0.1, -0.05) is 55.7 Å². The summed E-state index contributed by atoms with van der Waals surface area (Å²) >= 11 is 0. The number of benzene rings is 2. The van der Waals surface area contributed by atoms with Gasteiger partial charge in [-0.3, -0.25) is 4.90 Å². The van der Waals surface area contributed by atoms with Crippen LogP contribution in [0.4, 0.5) is 4.79 Å². The number of ether oxygens (including phenoxy) is 2. The van der Waals surface area contributed by atoms with Crippen LogP contribution in [0.15, 0.2) is 48.5 Å². The molecule has 4 rings (SSSR count). The van der Waals surface area contributed by atoms with Crippen molar-refractivity contribution in [3.8, 4) is 11.8 Å². The van der Waals surface area contributed by atoms with E-state index in [2.05, 4.69) is 17.9 Å². The summed E-state index contributed by atoms with van der Waals surface area (Å²) in [5.41, 5.74) is 0.172. The molecule has 1 N–H and O–H groups in total. The van der Waals surface area contributed by atoms with Crippen molar-refractivity contribution in [2.24, 2.45) is 0 Å². The van der Waals surface area contributed by atoms with Gasteiger partial charge in [0.15, 0.2) is 0 Å². The van der Waals surface area contributed by atoms with Crippen molar-refractivity contribution in [2.45, 2.75) is 83.1 Å². The fourth-order valence-electron chi connectivity index (χ4n) is 5.81. The molecule has 0 spiro atoms. The molecule has 204 valence electrons. The predicted octanol–water partition coefficient (Wildman–Crippen LogP) is 5.60. The van der Waals surface area contributed by atoms with Crippen LogP contribution in [0.5, 0.6) is 5.75 Å². The normalized spacial score (nSPS) is 19.7. The van der Waals surface area contributed by atoms with Gasteiger partial charge < -0.3 is 19.5 Å². The molecule has 2 aromatic carbocycles. The molecule has 0 bridgehead atoms. The standard InChI is InChI=1S/C31H41N3O4/c1-29(2,3)38-28(35)33-17-19-34(20-18-33)30(4,31(36)15-9-6-10-16-31)26-13-14-27(25(21-26)22-32)37-23-24-11-7-5-8-12-24/h5,7-8,11-14,21,36H,6,9-10,15-20,23H2,1-4H3. The van der Waals surface area contributed by atoms with E-state index in [0.29, 0.717) is 56.9 Å². The van der Waals surface area contributed by atoms with Crippen LogP contribution in [0.1, 0.15) is 76.5 Å². The van der Waals surface area contributed by atoms with Crippen LogP contribution in [-0.4, -0.2) is 58.4 Å². The molecule has 0 aromatic heterocycles. The molecule has 1 saturated heterocycles. The van der Waals surface area contributed by atoms with Gasteiger partial charge >= 0.3 is 6.09 Å². The number of carbonyl (C=O) groups is 1. The number of hydrogen-bond acceptors (Lipinski definition) is 6.